The summed E-state index contributed by atoms with van der Waals surface area (Å²) in [4.78, 5) is 28.5. The van der Waals surface area contributed by atoms with Gasteiger partial charge in [0.25, 0.3) is 5.91 Å². The highest BCUT2D eigenvalue weighted by molar-refractivity contribution is 7.84. The molecule has 0 spiro atoms. The number of carbonyl (C=O) groups excluding carboxylic acids is 1. The molecule has 2 heterocycles. The Balaban J connectivity index is 1.75. The third kappa shape index (κ3) is 4.46. The van der Waals surface area contributed by atoms with Crippen molar-refractivity contribution < 1.29 is 23.3 Å². The Bertz CT molecular complexity index is 1020. The Kier molecular flexibility index (Phi) is 6.22. The average molecular weight is 404 g/mol. The molecule has 2 aromatic heterocycles. The van der Waals surface area contributed by atoms with E-state index in [1.54, 1.807) is 38.3 Å². The number of fused-ring (bicyclic) bond motifs is 1. The number of carbonyl (C=O) groups is 1. The van der Waals surface area contributed by atoms with Crippen molar-refractivity contribution in [2.45, 2.75) is 17.8 Å². The van der Waals surface area contributed by atoms with Gasteiger partial charge < -0.3 is 19.3 Å². The fourth-order valence-electron chi connectivity index (χ4n) is 2.48. The monoisotopic (exact) mass is 404 g/mol. The lowest BCUT2D eigenvalue weighted by Crippen LogP contribution is -2.30. The quantitative estimate of drug-likeness (QED) is 0.548. The molecule has 1 atom stereocenters. The lowest BCUT2D eigenvalue weighted by Gasteiger charge is -2.11. The molecule has 0 aliphatic heterocycles. The number of hydroxylamine groups is 1. The molecule has 2 N–H and O–H groups in total. The van der Waals surface area contributed by atoms with Crippen LogP contribution >= 0.6 is 0 Å². The summed E-state index contributed by atoms with van der Waals surface area (Å²) in [6, 6.07) is 7.00. The van der Waals surface area contributed by atoms with E-state index in [0.29, 0.717) is 33.4 Å². The van der Waals surface area contributed by atoms with E-state index in [0.717, 1.165) is 5.52 Å². The number of nitrogens with zero attached hydrogens (tertiary/aromatic N) is 2. The largest absolute Gasteiger partial charge is 0.497 e. The van der Waals surface area contributed by atoms with Crippen LogP contribution in [0, 0.1) is 6.92 Å². The highest BCUT2D eigenvalue weighted by Gasteiger charge is 2.16. The minimum Gasteiger partial charge on any atom is -0.497 e. The number of rotatable bonds is 8. The minimum absolute atomic E-state index is 0.113. The Morgan fingerprint density at radius 3 is 2.86 bits per heavy atom. The van der Waals surface area contributed by atoms with E-state index in [1.165, 1.54) is 13.3 Å². The van der Waals surface area contributed by atoms with E-state index in [9.17, 15) is 9.00 Å². The molecule has 148 valence electrons. The van der Waals surface area contributed by atoms with Crippen molar-refractivity contribution in [3.8, 4) is 11.5 Å². The number of pyridine rings is 1. The Morgan fingerprint density at radius 2 is 2.11 bits per heavy atom. The van der Waals surface area contributed by atoms with Gasteiger partial charge in [-0.1, -0.05) is 0 Å². The minimum atomic E-state index is -1.44. The van der Waals surface area contributed by atoms with Crippen molar-refractivity contribution in [3.63, 3.8) is 0 Å². The van der Waals surface area contributed by atoms with Gasteiger partial charge in [-0.3, -0.25) is 14.0 Å². The van der Waals surface area contributed by atoms with Crippen molar-refractivity contribution in [1.82, 2.24) is 20.4 Å². The number of H-pyrrole nitrogens is 1. The van der Waals surface area contributed by atoms with E-state index in [1.807, 2.05) is 0 Å². The number of aromatic amines is 1. The maximum atomic E-state index is 12.8. The molecule has 0 saturated heterocycles. The highest BCUT2D eigenvalue weighted by atomic mass is 32.2. The molecular formula is C18H20N4O5S. The smallest absolute Gasteiger partial charge is 0.278 e. The number of methoxy groups -OCH3 is 2. The summed E-state index contributed by atoms with van der Waals surface area (Å²) in [6.07, 6.45) is 1.53. The number of aromatic nitrogens is 3. The zero-order valence-electron chi connectivity index (χ0n) is 15.6. The molecule has 0 aliphatic carbocycles. The number of benzene rings is 1. The van der Waals surface area contributed by atoms with Gasteiger partial charge in [-0.15, -0.1) is 0 Å². The van der Waals surface area contributed by atoms with Crippen LogP contribution in [0.4, 0.5) is 0 Å². The summed E-state index contributed by atoms with van der Waals surface area (Å²) in [7, 11) is 1.55. The Hall–Kier alpha value is -2.98. The van der Waals surface area contributed by atoms with Crippen molar-refractivity contribution in [2.75, 3.05) is 20.8 Å². The van der Waals surface area contributed by atoms with Gasteiger partial charge in [-0.25, -0.2) is 4.98 Å². The fourth-order valence-corrected chi connectivity index (χ4v) is 3.58. The first kappa shape index (κ1) is 19.8. The van der Waals surface area contributed by atoms with Crippen LogP contribution in [0.3, 0.4) is 0 Å². The second kappa shape index (κ2) is 8.81. The van der Waals surface area contributed by atoms with E-state index in [-0.39, 0.29) is 12.4 Å². The number of hydrogen-bond acceptors (Lipinski definition) is 7. The molecule has 3 aromatic rings. The summed E-state index contributed by atoms with van der Waals surface area (Å²) in [5.41, 5.74) is 4.98. The summed E-state index contributed by atoms with van der Waals surface area (Å²) in [5, 5.41) is 0.351. The highest BCUT2D eigenvalue weighted by Crippen LogP contribution is 2.23. The molecule has 1 amide bonds. The third-order valence-corrected chi connectivity index (χ3v) is 5.12. The topological polar surface area (TPSA) is 115 Å². The second-order valence-electron chi connectivity index (χ2n) is 5.86. The second-order valence-corrected chi connectivity index (χ2v) is 7.22. The molecule has 0 saturated carbocycles. The van der Waals surface area contributed by atoms with E-state index >= 15 is 0 Å². The van der Waals surface area contributed by atoms with Gasteiger partial charge in [-0.2, -0.15) is 5.48 Å². The van der Waals surface area contributed by atoms with Crippen LogP contribution in [0.15, 0.2) is 35.6 Å². The number of amides is 1. The lowest BCUT2D eigenvalue weighted by atomic mass is 10.2. The average Bonchev–Trinajstić information content (AvgIpc) is 3.12. The molecule has 3 rings (SSSR count). The molecule has 1 unspecified atom stereocenters. The van der Waals surface area contributed by atoms with Crippen LogP contribution < -0.4 is 15.1 Å². The summed E-state index contributed by atoms with van der Waals surface area (Å²) < 4.78 is 22.7. The Labute approximate surface area is 163 Å². The SMILES string of the molecule is COCC(=O)NOc1ccnc(CS(=O)c2nc3ccc(OC)cc3[nH]2)c1C. The number of nitrogens with one attached hydrogen (secondary N) is 2. The molecule has 0 radical (unpaired) electrons. The van der Waals surface area contributed by atoms with Crippen LogP contribution in [-0.2, 0) is 26.1 Å². The number of ether oxygens (including phenoxy) is 2. The molecule has 28 heavy (non-hydrogen) atoms. The van der Waals surface area contributed by atoms with Crippen molar-refractivity contribution in [3.05, 3.63) is 41.7 Å². The Morgan fingerprint density at radius 1 is 1.29 bits per heavy atom. The van der Waals surface area contributed by atoms with E-state index < -0.39 is 16.7 Å². The van der Waals surface area contributed by atoms with Gasteiger partial charge in [-0.05, 0) is 19.1 Å². The zero-order chi connectivity index (χ0) is 20.1. The predicted octanol–water partition coefficient (Wildman–Crippen LogP) is 1.64. The molecular weight excluding hydrogens is 384 g/mol. The van der Waals surface area contributed by atoms with Crippen molar-refractivity contribution >= 4 is 27.7 Å². The molecule has 0 fully saturated rings. The summed E-state index contributed by atoms with van der Waals surface area (Å²) >= 11 is 0. The maximum absolute atomic E-state index is 12.8. The van der Waals surface area contributed by atoms with Crippen LogP contribution in [0.2, 0.25) is 0 Å². The van der Waals surface area contributed by atoms with Crippen LogP contribution in [0.1, 0.15) is 11.3 Å². The maximum Gasteiger partial charge on any atom is 0.278 e. The first-order valence-electron chi connectivity index (χ1n) is 8.33. The zero-order valence-corrected chi connectivity index (χ0v) is 16.5. The van der Waals surface area contributed by atoms with Crippen molar-refractivity contribution in [2.24, 2.45) is 0 Å². The van der Waals surface area contributed by atoms with Crippen LogP contribution in [-0.4, -0.2) is 45.9 Å². The van der Waals surface area contributed by atoms with Gasteiger partial charge in [0.1, 0.15) is 12.4 Å². The molecule has 10 heteroatoms. The van der Waals surface area contributed by atoms with Crippen molar-refractivity contribution in [1.29, 1.82) is 0 Å². The molecule has 9 nitrogen and oxygen atoms in total. The first-order chi connectivity index (χ1) is 13.5. The fraction of sp³-hybridized carbons (Fsp3) is 0.278. The van der Waals surface area contributed by atoms with Gasteiger partial charge in [0, 0.05) is 31.0 Å². The van der Waals surface area contributed by atoms with E-state index in [2.05, 4.69) is 20.4 Å². The normalized spacial score (nSPS) is 12.0. The van der Waals surface area contributed by atoms with Crippen LogP contribution in [0.25, 0.3) is 11.0 Å². The van der Waals surface area contributed by atoms with Gasteiger partial charge in [0.15, 0.2) is 10.9 Å². The third-order valence-electron chi connectivity index (χ3n) is 3.96. The summed E-state index contributed by atoms with van der Waals surface area (Å²) in [6.45, 7) is 1.67. The predicted molar refractivity (Wildman–Crippen MR) is 102 cm³/mol. The first-order valence-corrected chi connectivity index (χ1v) is 9.65. The number of imidazole rings is 1. The molecule has 0 bridgehead atoms. The summed E-state index contributed by atoms with van der Waals surface area (Å²) in [5.74, 6) is 0.833. The van der Waals surface area contributed by atoms with Crippen LogP contribution in [0.5, 0.6) is 11.5 Å². The van der Waals surface area contributed by atoms with E-state index in [4.69, 9.17) is 14.3 Å². The standard InChI is InChI=1S/C18H20N4O5S/c1-11-15(19-7-6-16(11)27-22-17(23)9-25-2)10-28(24)18-20-13-5-4-12(26-3)8-14(13)21-18/h4-8H,9-10H2,1-3H3,(H,20,21)(H,22,23). The van der Waals surface area contributed by atoms with Gasteiger partial charge in [0.05, 0.1) is 40.4 Å². The molecule has 0 aliphatic rings. The number of hydrogen-bond donors (Lipinski definition) is 2. The van der Waals surface area contributed by atoms with Gasteiger partial charge >= 0.3 is 0 Å². The lowest BCUT2D eigenvalue weighted by molar-refractivity contribution is -0.131. The molecule has 1 aromatic carbocycles. The van der Waals surface area contributed by atoms with Gasteiger partial charge in [0.2, 0.25) is 0 Å².